The highest BCUT2D eigenvalue weighted by molar-refractivity contribution is 5.91. The van der Waals surface area contributed by atoms with E-state index in [0.29, 0.717) is 11.3 Å². The molecule has 0 saturated carbocycles. The van der Waals surface area contributed by atoms with Crippen molar-refractivity contribution in [3.63, 3.8) is 0 Å². The van der Waals surface area contributed by atoms with Crippen LogP contribution < -0.4 is 10.1 Å². The Bertz CT molecular complexity index is 981. The van der Waals surface area contributed by atoms with Crippen molar-refractivity contribution in [2.45, 2.75) is 6.54 Å². The number of methoxy groups -OCH3 is 1. The van der Waals surface area contributed by atoms with Gasteiger partial charge in [0.15, 0.2) is 6.61 Å². The molecule has 0 saturated heterocycles. The van der Waals surface area contributed by atoms with Gasteiger partial charge in [-0.05, 0) is 41.5 Å². The number of hydrogen-bond donors (Lipinski definition) is 2. The smallest absolute Gasteiger partial charge is 0.338 e. The Morgan fingerprint density at radius 1 is 0.897 bits per heavy atom. The number of amides is 1. The van der Waals surface area contributed by atoms with Gasteiger partial charge in [0.05, 0.1) is 12.7 Å². The lowest BCUT2D eigenvalue weighted by molar-refractivity contribution is -0.124. The fraction of sp³-hybridized carbons (Fsp3) is 0.130. The van der Waals surface area contributed by atoms with E-state index in [2.05, 4.69) is 5.32 Å². The first-order chi connectivity index (χ1) is 14.1. The predicted octanol–water partition coefficient (Wildman–Crippen LogP) is 3.54. The SMILES string of the molecule is COc1ccccc1CNC(=O)COC(=O)c1ccc(-c2ccc(O)cc2)cc1. The molecular formula is C23H21NO5. The van der Waals surface area contributed by atoms with Gasteiger partial charge in [-0.1, -0.05) is 42.5 Å². The zero-order chi connectivity index (χ0) is 20.6. The minimum atomic E-state index is -0.574. The molecular weight excluding hydrogens is 370 g/mol. The third-order valence-electron chi connectivity index (χ3n) is 4.32. The van der Waals surface area contributed by atoms with Gasteiger partial charge in [-0.3, -0.25) is 4.79 Å². The van der Waals surface area contributed by atoms with Gasteiger partial charge in [0.2, 0.25) is 0 Å². The Balaban J connectivity index is 1.51. The summed E-state index contributed by atoms with van der Waals surface area (Å²) in [5.41, 5.74) is 3.00. The minimum absolute atomic E-state index is 0.193. The molecule has 0 spiro atoms. The summed E-state index contributed by atoms with van der Waals surface area (Å²) in [4.78, 5) is 24.1. The molecule has 0 aromatic heterocycles. The number of benzene rings is 3. The molecule has 3 aromatic rings. The number of esters is 1. The average Bonchev–Trinajstić information content (AvgIpc) is 2.77. The number of carbonyl (C=O) groups is 2. The van der Waals surface area contributed by atoms with Crippen molar-refractivity contribution in [1.82, 2.24) is 5.32 Å². The summed E-state index contributed by atoms with van der Waals surface area (Å²) >= 11 is 0. The first-order valence-corrected chi connectivity index (χ1v) is 9.02. The number of rotatable bonds is 7. The van der Waals surface area contributed by atoms with Crippen molar-refractivity contribution in [1.29, 1.82) is 0 Å². The summed E-state index contributed by atoms with van der Waals surface area (Å²) in [6.45, 7) is -0.0879. The number of phenolic OH excluding ortho intramolecular Hbond substituents is 1. The first kappa shape index (κ1) is 19.9. The molecule has 0 bridgehead atoms. The molecule has 0 unspecified atom stereocenters. The van der Waals surface area contributed by atoms with Crippen LogP contribution in [0.25, 0.3) is 11.1 Å². The second-order valence-electron chi connectivity index (χ2n) is 6.29. The molecule has 0 radical (unpaired) electrons. The first-order valence-electron chi connectivity index (χ1n) is 9.02. The number of nitrogens with one attached hydrogen (secondary N) is 1. The second kappa shape index (κ2) is 9.41. The second-order valence-corrected chi connectivity index (χ2v) is 6.29. The van der Waals surface area contributed by atoms with E-state index in [9.17, 15) is 14.7 Å². The Morgan fingerprint density at radius 2 is 1.52 bits per heavy atom. The number of hydrogen-bond acceptors (Lipinski definition) is 5. The van der Waals surface area contributed by atoms with Crippen LogP contribution in [0.5, 0.6) is 11.5 Å². The number of para-hydroxylation sites is 1. The van der Waals surface area contributed by atoms with Crippen molar-refractivity contribution < 1.29 is 24.2 Å². The Kier molecular flexibility index (Phi) is 6.47. The van der Waals surface area contributed by atoms with E-state index in [-0.39, 0.29) is 18.9 Å². The molecule has 6 nitrogen and oxygen atoms in total. The van der Waals surface area contributed by atoms with Gasteiger partial charge in [-0.25, -0.2) is 4.79 Å². The molecule has 3 aromatic carbocycles. The highest BCUT2D eigenvalue weighted by Gasteiger charge is 2.11. The minimum Gasteiger partial charge on any atom is -0.508 e. The molecule has 0 aliphatic heterocycles. The van der Waals surface area contributed by atoms with Crippen molar-refractivity contribution in [3.05, 3.63) is 83.9 Å². The lowest BCUT2D eigenvalue weighted by Crippen LogP contribution is -2.28. The summed E-state index contributed by atoms with van der Waals surface area (Å²) < 4.78 is 10.3. The lowest BCUT2D eigenvalue weighted by Gasteiger charge is -2.10. The van der Waals surface area contributed by atoms with E-state index in [1.165, 1.54) is 0 Å². The van der Waals surface area contributed by atoms with Gasteiger partial charge in [0.1, 0.15) is 11.5 Å². The highest BCUT2D eigenvalue weighted by atomic mass is 16.5. The normalized spacial score (nSPS) is 10.2. The Morgan fingerprint density at radius 3 is 2.17 bits per heavy atom. The summed E-state index contributed by atoms with van der Waals surface area (Å²) in [7, 11) is 1.56. The number of aromatic hydroxyl groups is 1. The van der Waals surface area contributed by atoms with E-state index in [4.69, 9.17) is 9.47 Å². The third-order valence-corrected chi connectivity index (χ3v) is 4.32. The largest absolute Gasteiger partial charge is 0.508 e. The van der Waals surface area contributed by atoms with E-state index in [1.807, 2.05) is 24.3 Å². The maximum absolute atomic E-state index is 12.2. The molecule has 6 heteroatoms. The monoisotopic (exact) mass is 391 g/mol. The molecule has 29 heavy (non-hydrogen) atoms. The van der Waals surface area contributed by atoms with Crippen molar-refractivity contribution in [2.24, 2.45) is 0 Å². The maximum Gasteiger partial charge on any atom is 0.338 e. The number of carbonyl (C=O) groups excluding carboxylic acids is 2. The van der Waals surface area contributed by atoms with Gasteiger partial charge < -0.3 is 19.9 Å². The van der Waals surface area contributed by atoms with Gasteiger partial charge in [0, 0.05) is 12.1 Å². The predicted molar refractivity (Wildman–Crippen MR) is 109 cm³/mol. The Labute approximate surface area is 168 Å². The van der Waals surface area contributed by atoms with Crippen LogP contribution in [0, 0.1) is 0 Å². The van der Waals surface area contributed by atoms with Crippen LogP contribution in [0.15, 0.2) is 72.8 Å². The summed E-state index contributed by atoms with van der Waals surface area (Å²) in [5.74, 6) is -0.101. The molecule has 148 valence electrons. The summed E-state index contributed by atoms with van der Waals surface area (Å²) in [6.07, 6.45) is 0. The van der Waals surface area contributed by atoms with Crippen LogP contribution >= 0.6 is 0 Å². The van der Waals surface area contributed by atoms with E-state index in [1.54, 1.807) is 55.6 Å². The fourth-order valence-corrected chi connectivity index (χ4v) is 2.76. The Hall–Kier alpha value is -3.80. The van der Waals surface area contributed by atoms with Gasteiger partial charge >= 0.3 is 5.97 Å². The van der Waals surface area contributed by atoms with E-state index < -0.39 is 11.9 Å². The quantitative estimate of drug-likeness (QED) is 0.602. The van der Waals surface area contributed by atoms with Crippen LogP contribution in [0.1, 0.15) is 15.9 Å². The third kappa shape index (κ3) is 5.35. The van der Waals surface area contributed by atoms with Crippen LogP contribution in [-0.4, -0.2) is 30.7 Å². The van der Waals surface area contributed by atoms with Crippen LogP contribution in [-0.2, 0) is 16.1 Å². The summed E-state index contributed by atoms with van der Waals surface area (Å²) in [6, 6.07) is 21.0. The number of phenols is 1. The van der Waals surface area contributed by atoms with Gasteiger partial charge in [-0.2, -0.15) is 0 Å². The van der Waals surface area contributed by atoms with Crippen LogP contribution in [0.2, 0.25) is 0 Å². The molecule has 0 atom stereocenters. The van der Waals surface area contributed by atoms with Crippen molar-refractivity contribution in [3.8, 4) is 22.6 Å². The summed E-state index contributed by atoms with van der Waals surface area (Å²) in [5, 5.41) is 12.1. The molecule has 0 heterocycles. The van der Waals surface area contributed by atoms with Crippen LogP contribution in [0.3, 0.4) is 0 Å². The zero-order valence-corrected chi connectivity index (χ0v) is 15.9. The molecule has 1 amide bonds. The average molecular weight is 391 g/mol. The maximum atomic E-state index is 12.2. The van der Waals surface area contributed by atoms with Crippen molar-refractivity contribution >= 4 is 11.9 Å². The molecule has 3 rings (SSSR count). The van der Waals surface area contributed by atoms with Gasteiger partial charge in [-0.15, -0.1) is 0 Å². The topological polar surface area (TPSA) is 84.9 Å². The molecule has 2 N–H and O–H groups in total. The van der Waals surface area contributed by atoms with Crippen LogP contribution in [0.4, 0.5) is 0 Å². The lowest BCUT2D eigenvalue weighted by atomic mass is 10.0. The zero-order valence-electron chi connectivity index (χ0n) is 15.9. The fourth-order valence-electron chi connectivity index (χ4n) is 2.76. The molecule has 0 aliphatic carbocycles. The van der Waals surface area contributed by atoms with Gasteiger partial charge in [0.25, 0.3) is 5.91 Å². The molecule has 0 fully saturated rings. The highest BCUT2D eigenvalue weighted by Crippen LogP contribution is 2.22. The van der Waals surface area contributed by atoms with E-state index in [0.717, 1.165) is 16.7 Å². The van der Waals surface area contributed by atoms with Crippen molar-refractivity contribution in [2.75, 3.05) is 13.7 Å². The standard InChI is InChI=1S/C23H21NO5/c1-28-21-5-3-2-4-19(21)14-24-22(26)15-29-23(27)18-8-6-16(7-9-18)17-10-12-20(25)13-11-17/h2-13,25H,14-15H2,1H3,(H,24,26). The van der Waals surface area contributed by atoms with E-state index >= 15 is 0 Å². The molecule has 0 aliphatic rings. The number of ether oxygens (including phenoxy) is 2.